The zero-order valence-electron chi connectivity index (χ0n) is 27.2. The first-order valence-electron chi connectivity index (χ1n) is 17.3. The zero-order chi connectivity index (χ0) is 32.8. The number of halogens is 1. The standard InChI is InChI=1S/C35H51ClN4O6/c1-35(2)20-24(31(42)40-35)19-27(30(41)33(44)37-26-14-15-26)38-32(43)28(18-21-8-4-3-5-9-21)39-34(45)46-29-13-7-11-23(29)16-22-10-6-12-25(36)17-22/h6,10,12,17,21,23-24,26-29,34,39,45H,3-5,7-9,11,13-16,18-20H2,1-2H3,(H,37,44)(H,38,43)(H,40,42)/t23?,24?,27-,28-,29?,34?/m0/s1. The van der Waals surface area contributed by atoms with Gasteiger partial charge in [0.1, 0.15) is 0 Å². The van der Waals surface area contributed by atoms with Gasteiger partial charge in [0.25, 0.3) is 5.91 Å². The van der Waals surface area contributed by atoms with Crippen LogP contribution in [-0.2, 0) is 30.3 Å². The van der Waals surface area contributed by atoms with Crippen molar-refractivity contribution in [3.05, 3.63) is 34.9 Å². The Hall–Kier alpha value is -2.53. The van der Waals surface area contributed by atoms with E-state index in [4.69, 9.17) is 16.3 Å². The normalized spacial score (nSPS) is 26.6. The molecule has 4 unspecified atom stereocenters. The van der Waals surface area contributed by atoms with E-state index in [1.165, 1.54) is 0 Å². The van der Waals surface area contributed by atoms with Gasteiger partial charge in [-0.05, 0) is 94.7 Å². The summed E-state index contributed by atoms with van der Waals surface area (Å²) in [6.07, 6.45) is 9.87. The number of amides is 3. The molecular weight excluding hydrogens is 608 g/mol. The molecule has 254 valence electrons. The minimum Gasteiger partial charge on any atom is -0.356 e. The lowest BCUT2D eigenvalue weighted by Crippen LogP contribution is -2.56. The molecule has 1 heterocycles. The van der Waals surface area contributed by atoms with Crippen LogP contribution in [0.25, 0.3) is 0 Å². The molecule has 0 spiro atoms. The highest BCUT2D eigenvalue weighted by atomic mass is 35.5. The largest absolute Gasteiger partial charge is 0.356 e. The number of aliphatic hydroxyl groups is 1. The lowest BCUT2D eigenvalue weighted by Gasteiger charge is -2.31. The van der Waals surface area contributed by atoms with E-state index in [0.29, 0.717) is 17.9 Å². The average Bonchev–Trinajstić information content (AvgIpc) is 3.65. The molecule has 0 bridgehead atoms. The highest BCUT2D eigenvalue weighted by Gasteiger charge is 2.42. The average molecular weight is 659 g/mol. The Morgan fingerprint density at radius 2 is 1.78 bits per heavy atom. The molecule has 46 heavy (non-hydrogen) atoms. The molecule has 1 saturated heterocycles. The van der Waals surface area contributed by atoms with Crippen LogP contribution in [-0.4, -0.2) is 64.8 Å². The Morgan fingerprint density at radius 3 is 2.46 bits per heavy atom. The minimum absolute atomic E-state index is 0.0205. The molecule has 6 atom stereocenters. The first-order valence-corrected chi connectivity index (χ1v) is 17.6. The summed E-state index contributed by atoms with van der Waals surface area (Å²) in [6.45, 7) is 3.82. The topological polar surface area (TPSA) is 146 Å². The number of ketones is 1. The second-order valence-corrected chi connectivity index (χ2v) is 15.1. The van der Waals surface area contributed by atoms with E-state index < -0.39 is 47.6 Å². The van der Waals surface area contributed by atoms with Crippen LogP contribution in [0.5, 0.6) is 0 Å². The summed E-state index contributed by atoms with van der Waals surface area (Å²) < 4.78 is 6.13. The van der Waals surface area contributed by atoms with Gasteiger partial charge in [-0.15, -0.1) is 0 Å². The van der Waals surface area contributed by atoms with Crippen molar-refractivity contribution in [1.82, 2.24) is 21.3 Å². The van der Waals surface area contributed by atoms with Gasteiger partial charge in [-0.1, -0.05) is 62.3 Å². The number of carbonyl (C=O) groups excluding carboxylic acids is 4. The lowest BCUT2D eigenvalue weighted by molar-refractivity contribution is -0.170. The number of carbonyl (C=O) groups is 4. The van der Waals surface area contributed by atoms with Crippen LogP contribution >= 0.6 is 11.6 Å². The van der Waals surface area contributed by atoms with Crippen molar-refractivity contribution in [1.29, 1.82) is 0 Å². The van der Waals surface area contributed by atoms with Gasteiger partial charge in [0.15, 0.2) is 0 Å². The molecule has 11 heteroatoms. The number of hydrogen-bond donors (Lipinski definition) is 5. The van der Waals surface area contributed by atoms with Crippen LogP contribution in [0.1, 0.15) is 103 Å². The third-order valence-corrected chi connectivity index (χ3v) is 10.3. The number of Topliss-reactive ketones (excluding diaryl/α,β-unsaturated/α-hetero) is 1. The van der Waals surface area contributed by atoms with Crippen molar-refractivity contribution in [2.24, 2.45) is 17.8 Å². The fourth-order valence-electron chi connectivity index (χ4n) is 7.58. The number of aliphatic hydroxyl groups excluding tert-OH is 1. The van der Waals surface area contributed by atoms with Crippen molar-refractivity contribution in [2.45, 2.75) is 140 Å². The van der Waals surface area contributed by atoms with Gasteiger partial charge in [0.2, 0.25) is 24.0 Å². The Bertz CT molecular complexity index is 1250. The van der Waals surface area contributed by atoms with Gasteiger partial charge < -0.3 is 25.8 Å². The summed E-state index contributed by atoms with van der Waals surface area (Å²) in [7, 11) is 0. The number of nitrogens with one attached hydrogen (secondary N) is 4. The van der Waals surface area contributed by atoms with Crippen LogP contribution in [0.4, 0.5) is 0 Å². The van der Waals surface area contributed by atoms with Gasteiger partial charge in [0.05, 0.1) is 18.2 Å². The molecule has 1 aliphatic heterocycles. The molecule has 3 aliphatic carbocycles. The summed E-state index contributed by atoms with van der Waals surface area (Å²) in [5, 5.41) is 23.3. The van der Waals surface area contributed by atoms with E-state index in [1.54, 1.807) is 0 Å². The Labute approximate surface area is 277 Å². The van der Waals surface area contributed by atoms with Crippen molar-refractivity contribution < 1.29 is 29.0 Å². The van der Waals surface area contributed by atoms with E-state index in [-0.39, 0.29) is 36.3 Å². The third-order valence-electron chi connectivity index (χ3n) is 10.1. The predicted octanol–water partition coefficient (Wildman–Crippen LogP) is 3.91. The van der Waals surface area contributed by atoms with Crippen LogP contribution in [0, 0.1) is 17.8 Å². The number of rotatable bonds is 15. The van der Waals surface area contributed by atoms with Gasteiger partial charge in [0, 0.05) is 22.5 Å². The molecule has 4 aliphatic rings. The Morgan fingerprint density at radius 1 is 1.02 bits per heavy atom. The van der Waals surface area contributed by atoms with E-state index in [0.717, 1.165) is 76.2 Å². The van der Waals surface area contributed by atoms with Gasteiger partial charge >= 0.3 is 0 Å². The molecule has 10 nitrogen and oxygen atoms in total. The van der Waals surface area contributed by atoms with E-state index in [2.05, 4.69) is 21.3 Å². The van der Waals surface area contributed by atoms with Crippen LogP contribution in [0.2, 0.25) is 5.02 Å². The maximum atomic E-state index is 13.9. The molecule has 3 saturated carbocycles. The molecule has 3 amide bonds. The molecule has 4 fully saturated rings. The first kappa shape index (κ1) is 34.8. The lowest BCUT2D eigenvalue weighted by atomic mass is 9.84. The van der Waals surface area contributed by atoms with Crippen molar-refractivity contribution in [3.8, 4) is 0 Å². The molecule has 5 N–H and O–H groups in total. The molecule has 0 radical (unpaired) electrons. The molecular formula is C35H51ClN4O6. The fraction of sp³-hybridized carbons (Fsp3) is 0.714. The minimum atomic E-state index is -1.39. The SMILES string of the molecule is CC1(C)CC(C[C@H](NC(=O)[C@H](CC2CCCCC2)NC(O)OC2CCCC2Cc2cccc(Cl)c2)C(=O)C(=O)NC2CC2)C(=O)N1. The van der Waals surface area contributed by atoms with Crippen LogP contribution < -0.4 is 21.3 Å². The summed E-state index contributed by atoms with van der Waals surface area (Å²) in [5.74, 6) is -2.20. The van der Waals surface area contributed by atoms with E-state index >= 15 is 0 Å². The van der Waals surface area contributed by atoms with E-state index in [9.17, 15) is 24.3 Å². The maximum Gasteiger partial charge on any atom is 0.289 e. The Kier molecular flexibility index (Phi) is 11.8. The molecule has 1 aromatic carbocycles. The first-order chi connectivity index (χ1) is 22.0. The molecule has 1 aromatic rings. The van der Waals surface area contributed by atoms with Gasteiger partial charge in [-0.3, -0.25) is 24.5 Å². The molecule has 0 aromatic heterocycles. The van der Waals surface area contributed by atoms with Gasteiger partial charge in [-0.2, -0.15) is 0 Å². The maximum absolute atomic E-state index is 13.9. The zero-order valence-corrected chi connectivity index (χ0v) is 28.0. The Balaban J connectivity index is 1.26. The van der Waals surface area contributed by atoms with Crippen LogP contribution in [0.15, 0.2) is 24.3 Å². The van der Waals surface area contributed by atoms with Crippen molar-refractivity contribution in [2.75, 3.05) is 0 Å². The highest BCUT2D eigenvalue weighted by molar-refractivity contribution is 6.38. The predicted molar refractivity (Wildman–Crippen MR) is 175 cm³/mol. The number of benzene rings is 1. The van der Waals surface area contributed by atoms with Gasteiger partial charge in [-0.25, -0.2) is 0 Å². The summed E-state index contributed by atoms with van der Waals surface area (Å²) in [4.78, 5) is 52.9. The fourth-order valence-corrected chi connectivity index (χ4v) is 7.80. The summed E-state index contributed by atoms with van der Waals surface area (Å²) >= 11 is 6.20. The molecule has 5 rings (SSSR count). The summed E-state index contributed by atoms with van der Waals surface area (Å²) in [6, 6.07) is 5.74. The summed E-state index contributed by atoms with van der Waals surface area (Å²) in [5.41, 5.74) is 0.679. The van der Waals surface area contributed by atoms with Crippen LogP contribution in [0.3, 0.4) is 0 Å². The highest BCUT2D eigenvalue weighted by Crippen LogP contribution is 2.33. The number of hydrogen-bond acceptors (Lipinski definition) is 7. The second-order valence-electron chi connectivity index (χ2n) is 14.7. The van der Waals surface area contributed by atoms with Crippen molar-refractivity contribution >= 4 is 35.1 Å². The quantitative estimate of drug-likeness (QED) is 0.142. The smallest absolute Gasteiger partial charge is 0.289 e. The number of ether oxygens (including phenoxy) is 1. The van der Waals surface area contributed by atoms with E-state index in [1.807, 2.05) is 38.1 Å². The monoisotopic (exact) mass is 658 g/mol. The van der Waals surface area contributed by atoms with Crippen molar-refractivity contribution in [3.63, 3.8) is 0 Å². The third kappa shape index (κ3) is 9.99. The second kappa shape index (κ2) is 15.6.